The predicted molar refractivity (Wildman–Crippen MR) is 74.2 cm³/mol. The van der Waals surface area contributed by atoms with Crippen LogP contribution < -0.4 is 5.32 Å². The van der Waals surface area contributed by atoms with Gasteiger partial charge in [-0.2, -0.15) is 0 Å². The van der Waals surface area contributed by atoms with Crippen LogP contribution >= 0.6 is 0 Å². The second-order valence-electron chi connectivity index (χ2n) is 4.34. The third kappa shape index (κ3) is 2.95. The van der Waals surface area contributed by atoms with Crippen LogP contribution in [0.3, 0.4) is 0 Å². The van der Waals surface area contributed by atoms with Crippen LogP contribution in [-0.2, 0) is 0 Å². The summed E-state index contributed by atoms with van der Waals surface area (Å²) in [6, 6.07) is 10.4. The molecule has 0 aliphatic rings. The molecule has 102 valence electrons. The number of phenolic OH excluding ortho intramolecular Hbond substituents is 1. The van der Waals surface area contributed by atoms with Crippen molar-refractivity contribution in [1.29, 1.82) is 0 Å². The molecule has 0 saturated heterocycles. The smallest absolute Gasteiger partial charge is 0.335 e. The largest absolute Gasteiger partial charge is 0.508 e. The topological polar surface area (TPSA) is 86.6 Å². The van der Waals surface area contributed by atoms with Gasteiger partial charge in [0.15, 0.2) is 0 Å². The maximum Gasteiger partial charge on any atom is 0.335 e. The molecular formula is C15H13NO4. The van der Waals surface area contributed by atoms with Crippen molar-refractivity contribution in [3.63, 3.8) is 0 Å². The molecule has 0 bridgehead atoms. The molecule has 0 fully saturated rings. The molecule has 0 saturated carbocycles. The maximum absolute atomic E-state index is 12.1. The fourth-order valence-electron chi connectivity index (χ4n) is 1.80. The molecule has 2 aromatic carbocycles. The number of hydrogen-bond acceptors (Lipinski definition) is 3. The minimum absolute atomic E-state index is 0.102. The summed E-state index contributed by atoms with van der Waals surface area (Å²) in [6.07, 6.45) is 0. The number of hydrogen-bond donors (Lipinski definition) is 3. The van der Waals surface area contributed by atoms with Gasteiger partial charge >= 0.3 is 5.97 Å². The molecular weight excluding hydrogens is 258 g/mol. The molecule has 2 aromatic rings. The van der Waals surface area contributed by atoms with E-state index >= 15 is 0 Å². The van der Waals surface area contributed by atoms with Crippen LogP contribution in [0.1, 0.15) is 26.3 Å². The van der Waals surface area contributed by atoms with E-state index < -0.39 is 5.97 Å². The van der Waals surface area contributed by atoms with E-state index in [2.05, 4.69) is 5.32 Å². The highest BCUT2D eigenvalue weighted by atomic mass is 16.4. The molecule has 0 aliphatic heterocycles. The van der Waals surface area contributed by atoms with Gasteiger partial charge in [-0.05, 0) is 55.0 Å². The van der Waals surface area contributed by atoms with Crippen LogP contribution in [0, 0.1) is 6.92 Å². The van der Waals surface area contributed by atoms with E-state index in [0.29, 0.717) is 16.8 Å². The summed E-state index contributed by atoms with van der Waals surface area (Å²) < 4.78 is 0. The minimum Gasteiger partial charge on any atom is -0.508 e. The van der Waals surface area contributed by atoms with Gasteiger partial charge in [0.25, 0.3) is 5.91 Å². The standard InChI is InChI=1S/C15H13NO4/c1-9-8-12(17)6-7-13(9)14(18)16-11-4-2-10(3-5-11)15(19)20/h2-8,17H,1H3,(H,16,18)(H,19,20). The fraction of sp³-hybridized carbons (Fsp3) is 0.0667. The van der Waals surface area contributed by atoms with Crippen molar-refractivity contribution in [3.05, 3.63) is 59.2 Å². The van der Waals surface area contributed by atoms with E-state index in [1.54, 1.807) is 6.92 Å². The third-order valence-corrected chi connectivity index (χ3v) is 2.84. The average molecular weight is 271 g/mol. The second-order valence-corrected chi connectivity index (χ2v) is 4.34. The summed E-state index contributed by atoms with van der Waals surface area (Å²) in [7, 11) is 0. The molecule has 2 rings (SSSR count). The number of carboxylic acids is 1. The minimum atomic E-state index is -1.02. The van der Waals surface area contributed by atoms with Gasteiger partial charge in [0, 0.05) is 11.3 Å². The van der Waals surface area contributed by atoms with Crippen molar-refractivity contribution in [1.82, 2.24) is 0 Å². The van der Waals surface area contributed by atoms with E-state index in [9.17, 15) is 14.7 Å². The Balaban J connectivity index is 2.17. The first-order chi connectivity index (χ1) is 9.47. The summed E-state index contributed by atoms with van der Waals surface area (Å²) in [5.41, 5.74) is 1.77. The van der Waals surface area contributed by atoms with Gasteiger partial charge in [0.1, 0.15) is 5.75 Å². The number of amides is 1. The number of aryl methyl sites for hydroxylation is 1. The van der Waals surface area contributed by atoms with Gasteiger partial charge < -0.3 is 15.5 Å². The monoisotopic (exact) mass is 271 g/mol. The Morgan fingerprint density at radius 2 is 1.70 bits per heavy atom. The molecule has 0 radical (unpaired) electrons. The van der Waals surface area contributed by atoms with Crippen LogP contribution in [-0.4, -0.2) is 22.1 Å². The van der Waals surface area contributed by atoms with Crippen molar-refractivity contribution < 1.29 is 19.8 Å². The van der Waals surface area contributed by atoms with Gasteiger partial charge in [-0.1, -0.05) is 0 Å². The third-order valence-electron chi connectivity index (χ3n) is 2.84. The Morgan fingerprint density at radius 3 is 2.25 bits per heavy atom. The lowest BCUT2D eigenvalue weighted by atomic mass is 10.1. The normalized spacial score (nSPS) is 10.1. The summed E-state index contributed by atoms with van der Waals surface area (Å²) in [5, 5.41) is 20.8. The van der Waals surface area contributed by atoms with Gasteiger partial charge in [-0.15, -0.1) is 0 Å². The number of aromatic carboxylic acids is 1. The molecule has 0 atom stereocenters. The molecule has 20 heavy (non-hydrogen) atoms. The van der Waals surface area contributed by atoms with E-state index in [1.807, 2.05) is 0 Å². The zero-order valence-corrected chi connectivity index (χ0v) is 10.8. The van der Waals surface area contributed by atoms with E-state index in [-0.39, 0.29) is 17.2 Å². The Labute approximate surface area is 115 Å². The van der Waals surface area contributed by atoms with Crippen molar-refractivity contribution in [2.75, 3.05) is 5.32 Å². The number of carbonyl (C=O) groups excluding carboxylic acids is 1. The Kier molecular flexibility index (Phi) is 3.70. The molecule has 5 nitrogen and oxygen atoms in total. The number of aromatic hydroxyl groups is 1. The summed E-state index contributed by atoms with van der Waals surface area (Å²) >= 11 is 0. The first kappa shape index (κ1) is 13.6. The number of anilines is 1. The molecule has 0 unspecified atom stereocenters. The SMILES string of the molecule is Cc1cc(O)ccc1C(=O)Nc1ccc(C(=O)O)cc1. The van der Waals surface area contributed by atoms with Crippen LogP contribution in [0.5, 0.6) is 5.75 Å². The number of carboxylic acid groups (broad SMARTS) is 1. The lowest BCUT2D eigenvalue weighted by Crippen LogP contribution is -2.13. The average Bonchev–Trinajstić information content (AvgIpc) is 2.39. The molecule has 1 amide bonds. The maximum atomic E-state index is 12.1. The predicted octanol–water partition coefficient (Wildman–Crippen LogP) is 2.65. The number of phenols is 1. The van der Waals surface area contributed by atoms with Crippen molar-refractivity contribution in [2.45, 2.75) is 6.92 Å². The summed E-state index contributed by atoms with van der Waals surface area (Å²) in [4.78, 5) is 22.8. The molecule has 3 N–H and O–H groups in total. The van der Waals surface area contributed by atoms with Gasteiger partial charge in [0.05, 0.1) is 5.56 Å². The number of carbonyl (C=O) groups is 2. The molecule has 0 aromatic heterocycles. The van der Waals surface area contributed by atoms with Gasteiger partial charge in [0.2, 0.25) is 0 Å². The van der Waals surface area contributed by atoms with Crippen LogP contribution in [0.4, 0.5) is 5.69 Å². The second kappa shape index (κ2) is 5.44. The van der Waals surface area contributed by atoms with Crippen LogP contribution in [0.2, 0.25) is 0 Å². The van der Waals surface area contributed by atoms with E-state index in [0.717, 1.165) is 0 Å². The highest BCUT2D eigenvalue weighted by Gasteiger charge is 2.10. The Bertz CT molecular complexity index is 662. The molecule has 0 aliphatic carbocycles. The van der Waals surface area contributed by atoms with Gasteiger partial charge in [-0.3, -0.25) is 4.79 Å². The number of rotatable bonds is 3. The zero-order chi connectivity index (χ0) is 14.7. The molecule has 0 spiro atoms. The Hall–Kier alpha value is -2.82. The number of benzene rings is 2. The Morgan fingerprint density at radius 1 is 1.05 bits per heavy atom. The first-order valence-corrected chi connectivity index (χ1v) is 5.91. The summed E-state index contributed by atoms with van der Waals surface area (Å²) in [5.74, 6) is -1.23. The number of nitrogens with one attached hydrogen (secondary N) is 1. The van der Waals surface area contributed by atoms with Crippen molar-refractivity contribution >= 4 is 17.6 Å². The van der Waals surface area contributed by atoms with Gasteiger partial charge in [-0.25, -0.2) is 4.79 Å². The van der Waals surface area contributed by atoms with Crippen molar-refractivity contribution in [3.8, 4) is 5.75 Å². The molecule has 0 heterocycles. The van der Waals surface area contributed by atoms with Crippen molar-refractivity contribution in [2.24, 2.45) is 0 Å². The van der Waals surface area contributed by atoms with E-state index in [4.69, 9.17) is 5.11 Å². The fourth-order valence-corrected chi connectivity index (χ4v) is 1.80. The highest BCUT2D eigenvalue weighted by molar-refractivity contribution is 6.05. The summed E-state index contributed by atoms with van der Waals surface area (Å²) in [6.45, 7) is 1.72. The van der Waals surface area contributed by atoms with E-state index in [1.165, 1.54) is 42.5 Å². The highest BCUT2D eigenvalue weighted by Crippen LogP contribution is 2.17. The lowest BCUT2D eigenvalue weighted by Gasteiger charge is -2.08. The van der Waals surface area contributed by atoms with Crippen LogP contribution in [0.15, 0.2) is 42.5 Å². The lowest BCUT2D eigenvalue weighted by molar-refractivity contribution is 0.0696. The zero-order valence-electron chi connectivity index (χ0n) is 10.8. The first-order valence-electron chi connectivity index (χ1n) is 5.91. The quantitative estimate of drug-likeness (QED) is 0.801. The van der Waals surface area contributed by atoms with Crippen LogP contribution in [0.25, 0.3) is 0 Å². The molecule has 5 heteroatoms.